The van der Waals surface area contributed by atoms with Gasteiger partial charge in [0, 0.05) is 55.5 Å². The van der Waals surface area contributed by atoms with Gasteiger partial charge in [-0.1, -0.05) is 6.07 Å². The molecule has 3 aromatic rings. The summed E-state index contributed by atoms with van der Waals surface area (Å²) >= 11 is 0. The van der Waals surface area contributed by atoms with Crippen LogP contribution in [0.1, 0.15) is 24.1 Å². The van der Waals surface area contributed by atoms with Crippen LogP contribution in [0.2, 0.25) is 0 Å². The first-order chi connectivity index (χ1) is 12.8. The molecule has 4 heterocycles. The van der Waals surface area contributed by atoms with Crippen molar-refractivity contribution in [2.24, 2.45) is 0 Å². The number of anilines is 1. The smallest absolute Gasteiger partial charge is 0.128 e. The minimum atomic E-state index is 0.529. The van der Waals surface area contributed by atoms with Crippen molar-refractivity contribution in [2.75, 3.05) is 18.0 Å². The number of nitrogens with zero attached hydrogens (tertiary/aromatic N) is 4. The molecule has 0 saturated carbocycles. The molecule has 4 rings (SSSR count). The zero-order valence-electron chi connectivity index (χ0n) is 15.0. The van der Waals surface area contributed by atoms with Crippen molar-refractivity contribution in [2.45, 2.75) is 32.4 Å². The molecule has 0 amide bonds. The Morgan fingerprint density at radius 2 is 2.08 bits per heavy atom. The van der Waals surface area contributed by atoms with Crippen LogP contribution in [-0.2, 0) is 6.54 Å². The molecule has 2 N–H and O–H groups in total. The molecular formula is C20H24N6. The van der Waals surface area contributed by atoms with E-state index in [1.54, 1.807) is 6.20 Å². The van der Waals surface area contributed by atoms with Crippen molar-refractivity contribution in [3.05, 3.63) is 60.2 Å². The number of aromatic amines is 1. The summed E-state index contributed by atoms with van der Waals surface area (Å²) in [6.45, 7) is 4.96. The molecule has 0 aromatic carbocycles. The maximum absolute atomic E-state index is 4.54. The first-order valence-corrected chi connectivity index (χ1v) is 9.13. The zero-order chi connectivity index (χ0) is 17.8. The Labute approximate surface area is 153 Å². The highest BCUT2D eigenvalue weighted by Gasteiger charge is 2.19. The number of H-pyrrole nitrogens is 1. The van der Waals surface area contributed by atoms with Crippen molar-refractivity contribution in [1.82, 2.24) is 25.5 Å². The van der Waals surface area contributed by atoms with Crippen LogP contribution in [0.5, 0.6) is 0 Å². The summed E-state index contributed by atoms with van der Waals surface area (Å²) in [6, 6.07) is 10.8. The van der Waals surface area contributed by atoms with E-state index in [1.807, 2.05) is 24.5 Å². The van der Waals surface area contributed by atoms with Crippen molar-refractivity contribution in [3.8, 4) is 11.3 Å². The van der Waals surface area contributed by atoms with Gasteiger partial charge >= 0.3 is 0 Å². The summed E-state index contributed by atoms with van der Waals surface area (Å²) in [7, 11) is 0. The van der Waals surface area contributed by atoms with E-state index in [-0.39, 0.29) is 0 Å². The van der Waals surface area contributed by atoms with E-state index in [0.29, 0.717) is 6.04 Å². The van der Waals surface area contributed by atoms with Crippen LogP contribution in [0, 0.1) is 6.92 Å². The summed E-state index contributed by atoms with van der Waals surface area (Å²) in [6.07, 6.45) is 7.80. The Morgan fingerprint density at radius 1 is 1.19 bits per heavy atom. The maximum Gasteiger partial charge on any atom is 0.128 e. The van der Waals surface area contributed by atoms with Gasteiger partial charge in [-0.3, -0.25) is 10.1 Å². The SMILES string of the molecule is Cc1ccc(N2CCC(NCc3cc(-c4cccnc4)n[nH]3)CC2)nc1. The average Bonchev–Trinajstić information content (AvgIpc) is 3.17. The van der Waals surface area contributed by atoms with Crippen LogP contribution >= 0.6 is 0 Å². The Morgan fingerprint density at radius 3 is 2.81 bits per heavy atom. The van der Waals surface area contributed by atoms with E-state index < -0.39 is 0 Å². The number of rotatable bonds is 5. The fraction of sp³-hybridized carbons (Fsp3) is 0.350. The normalized spacial score (nSPS) is 15.3. The third-order valence-electron chi connectivity index (χ3n) is 4.88. The van der Waals surface area contributed by atoms with Gasteiger partial charge in [0.2, 0.25) is 0 Å². The van der Waals surface area contributed by atoms with Gasteiger partial charge in [-0.2, -0.15) is 5.10 Å². The van der Waals surface area contributed by atoms with Crippen LogP contribution in [0.15, 0.2) is 48.9 Å². The number of hydrogen-bond donors (Lipinski definition) is 2. The number of aryl methyl sites for hydroxylation is 1. The molecule has 1 aliphatic heterocycles. The van der Waals surface area contributed by atoms with Crippen molar-refractivity contribution < 1.29 is 0 Å². The molecule has 0 aliphatic carbocycles. The predicted octanol–water partition coefficient (Wildman–Crippen LogP) is 2.93. The molecule has 0 bridgehead atoms. The Kier molecular flexibility index (Phi) is 4.93. The molecule has 0 spiro atoms. The minimum Gasteiger partial charge on any atom is -0.357 e. The molecule has 6 nitrogen and oxygen atoms in total. The van der Waals surface area contributed by atoms with Gasteiger partial charge in [-0.15, -0.1) is 0 Å². The van der Waals surface area contributed by atoms with E-state index in [9.17, 15) is 0 Å². The summed E-state index contributed by atoms with van der Waals surface area (Å²) in [4.78, 5) is 11.1. The average molecular weight is 348 g/mol. The largest absolute Gasteiger partial charge is 0.357 e. The first-order valence-electron chi connectivity index (χ1n) is 9.13. The second-order valence-corrected chi connectivity index (χ2v) is 6.86. The van der Waals surface area contributed by atoms with E-state index in [1.165, 1.54) is 5.56 Å². The highest BCUT2D eigenvalue weighted by atomic mass is 15.2. The molecule has 1 fully saturated rings. The number of nitrogens with one attached hydrogen (secondary N) is 2. The van der Waals surface area contributed by atoms with Gasteiger partial charge in [-0.25, -0.2) is 4.98 Å². The fourth-order valence-corrected chi connectivity index (χ4v) is 3.33. The quantitative estimate of drug-likeness (QED) is 0.742. The Hall–Kier alpha value is -2.73. The van der Waals surface area contributed by atoms with Crippen LogP contribution in [0.25, 0.3) is 11.3 Å². The molecule has 0 atom stereocenters. The lowest BCUT2D eigenvalue weighted by molar-refractivity contribution is 0.410. The second-order valence-electron chi connectivity index (χ2n) is 6.86. The number of piperidine rings is 1. The van der Waals surface area contributed by atoms with Crippen LogP contribution in [0.3, 0.4) is 0 Å². The standard InChI is InChI=1S/C20H24N6/c1-15-4-5-20(23-12-15)26-9-6-17(7-10-26)22-14-18-11-19(25-24-18)16-3-2-8-21-13-16/h2-5,8,11-13,17,22H,6-7,9-10,14H2,1H3,(H,24,25). The third kappa shape index (κ3) is 3.91. The van der Waals surface area contributed by atoms with Crippen LogP contribution < -0.4 is 10.2 Å². The van der Waals surface area contributed by atoms with Gasteiger partial charge < -0.3 is 10.2 Å². The summed E-state index contributed by atoms with van der Waals surface area (Å²) in [5.74, 6) is 1.09. The van der Waals surface area contributed by atoms with Gasteiger partial charge in [0.25, 0.3) is 0 Å². The molecule has 0 unspecified atom stereocenters. The lowest BCUT2D eigenvalue weighted by Gasteiger charge is -2.33. The van der Waals surface area contributed by atoms with Gasteiger partial charge in [0.05, 0.1) is 5.69 Å². The van der Waals surface area contributed by atoms with Gasteiger partial charge in [0.1, 0.15) is 5.82 Å². The topological polar surface area (TPSA) is 69.7 Å². The second kappa shape index (κ2) is 7.66. The Balaban J connectivity index is 1.27. The molecule has 0 radical (unpaired) electrons. The van der Waals surface area contributed by atoms with E-state index in [4.69, 9.17) is 0 Å². The minimum absolute atomic E-state index is 0.529. The van der Waals surface area contributed by atoms with Crippen LogP contribution in [-0.4, -0.2) is 39.3 Å². The number of hydrogen-bond acceptors (Lipinski definition) is 5. The number of aromatic nitrogens is 4. The van der Waals surface area contributed by atoms with Crippen molar-refractivity contribution >= 4 is 5.82 Å². The third-order valence-corrected chi connectivity index (χ3v) is 4.88. The molecular weight excluding hydrogens is 324 g/mol. The lowest BCUT2D eigenvalue weighted by Crippen LogP contribution is -2.42. The molecule has 1 aliphatic rings. The zero-order valence-corrected chi connectivity index (χ0v) is 15.0. The summed E-state index contributed by atoms with van der Waals surface area (Å²) < 4.78 is 0. The van der Waals surface area contributed by atoms with Crippen molar-refractivity contribution in [3.63, 3.8) is 0 Å². The fourth-order valence-electron chi connectivity index (χ4n) is 3.33. The van der Waals surface area contributed by atoms with E-state index in [0.717, 1.165) is 55.2 Å². The first kappa shape index (κ1) is 16.7. The molecule has 6 heteroatoms. The van der Waals surface area contributed by atoms with E-state index >= 15 is 0 Å². The van der Waals surface area contributed by atoms with Crippen LogP contribution in [0.4, 0.5) is 5.82 Å². The summed E-state index contributed by atoms with van der Waals surface area (Å²) in [5, 5.41) is 11.2. The highest BCUT2D eigenvalue weighted by molar-refractivity contribution is 5.57. The number of pyridine rings is 2. The van der Waals surface area contributed by atoms with Crippen molar-refractivity contribution in [1.29, 1.82) is 0 Å². The summed E-state index contributed by atoms with van der Waals surface area (Å²) in [5.41, 5.74) is 4.28. The Bertz CT molecular complexity index is 819. The highest BCUT2D eigenvalue weighted by Crippen LogP contribution is 2.19. The lowest BCUT2D eigenvalue weighted by atomic mass is 10.0. The van der Waals surface area contributed by atoms with Gasteiger partial charge in [0.15, 0.2) is 0 Å². The predicted molar refractivity (Wildman–Crippen MR) is 103 cm³/mol. The van der Waals surface area contributed by atoms with Gasteiger partial charge in [-0.05, 0) is 49.6 Å². The molecule has 3 aromatic heterocycles. The maximum atomic E-state index is 4.54. The van der Waals surface area contributed by atoms with E-state index in [2.05, 4.69) is 55.5 Å². The molecule has 1 saturated heterocycles. The molecule has 26 heavy (non-hydrogen) atoms. The molecule has 134 valence electrons. The monoisotopic (exact) mass is 348 g/mol.